The quantitative estimate of drug-likeness (QED) is 0.788. The van der Waals surface area contributed by atoms with Crippen molar-refractivity contribution in [1.82, 2.24) is 9.55 Å². The lowest BCUT2D eigenvalue weighted by molar-refractivity contribution is -0.123. The van der Waals surface area contributed by atoms with Crippen molar-refractivity contribution in [2.45, 2.75) is 13.0 Å². The van der Waals surface area contributed by atoms with Crippen molar-refractivity contribution >= 4 is 5.91 Å². The molecule has 1 amide bonds. The average Bonchev–Trinajstić information content (AvgIpc) is 3.06. The monoisotopic (exact) mass is 307 g/mol. The fraction of sp³-hybridized carbons (Fsp3) is 0.111. The molecule has 116 valence electrons. The molecular formula is C18H17N3O2. The Morgan fingerprint density at radius 2 is 1.83 bits per heavy atom. The molecule has 0 aliphatic rings. The zero-order valence-corrected chi connectivity index (χ0v) is 12.7. The van der Waals surface area contributed by atoms with Crippen LogP contribution in [-0.4, -0.2) is 21.6 Å². The molecule has 1 unspecified atom stereocenters. The van der Waals surface area contributed by atoms with Crippen LogP contribution in [0.3, 0.4) is 0 Å². The van der Waals surface area contributed by atoms with Crippen LogP contribution >= 0.6 is 0 Å². The summed E-state index contributed by atoms with van der Waals surface area (Å²) in [5.74, 6) is 0.111. The third-order valence-corrected chi connectivity index (χ3v) is 3.50. The lowest BCUT2D eigenvalue weighted by atomic mass is 10.2. The molecule has 0 aliphatic carbocycles. The van der Waals surface area contributed by atoms with Gasteiger partial charge in [-0.1, -0.05) is 30.3 Å². The van der Waals surface area contributed by atoms with E-state index in [0.717, 1.165) is 16.9 Å². The molecule has 5 heteroatoms. The van der Waals surface area contributed by atoms with E-state index in [2.05, 4.69) is 4.98 Å². The van der Waals surface area contributed by atoms with E-state index in [4.69, 9.17) is 10.5 Å². The maximum atomic E-state index is 11.0. The van der Waals surface area contributed by atoms with E-state index in [9.17, 15) is 4.79 Å². The summed E-state index contributed by atoms with van der Waals surface area (Å²) >= 11 is 0. The lowest BCUT2D eigenvalue weighted by Crippen LogP contribution is -2.30. The first-order valence-electron chi connectivity index (χ1n) is 7.29. The Morgan fingerprint density at radius 3 is 2.48 bits per heavy atom. The van der Waals surface area contributed by atoms with Gasteiger partial charge in [-0.2, -0.15) is 0 Å². The molecule has 23 heavy (non-hydrogen) atoms. The van der Waals surface area contributed by atoms with Crippen molar-refractivity contribution in [3.63, 3.8) is 0 Å². The van der Waals surface area contributed by atoms with Gasteiger partial charge in [-0.05, 0) is 31.2 Å². The fourth-order valence-electron chi connectivity index (χ4n) is 2.18. The zero-order chi connectivity index (χ0) is 16.2. The molecule has 0 fully saturated rings. The lowest BCUT2D eigenvalue weighted by Gasteiger charge is -2.11. The number of benzene rings is 2. The maximum absolute atomic E-state index is 11.0. The molecule has 0 spiro atoms. The zero-order valence-electron chi connectivity index (χ0n) is 12.7. The maximum Gasteiger partial charge on any atom is 0.258 e. The van der Waals surface area contributed by atoms with E-state index in [0.29, 0.717) is 5.75 Å². The standard InChI is InChI=1S/C18H17N3O2/c1-13(18(19)22)23-16-9-7-15(8-10-16)21-11-17(20-12-21)14-5-3-2-4-6-14/h2-13H,1H3,(H2,19,22). The number of hydrogen-bond acceptors (Lipinski definition) is 3. The van der Waals surface area contributed by atoms with Crippen molar-refractivity contribution in [1.29, 1.82) is 0 Å². The van der Waals surface area contributed by atoms with Gasteiger partial charge in [-0.25, -0.2) is 4.98 Å². The number of carbonyl (C=O) groups is 1. The van der Waals surface area contributed by atoms with Crippen LogP contribution in [0.1, 0.15) is 6.92 Å². The van der Waals surface area contributed by atoms with Crippen LogP contribution < -0.4 is 10.5 Å². The van der Waals surface area contributed by atoms with Crippen LogP contribution in [-0.2, 0) is 4.79 Å². The van der Waals surface area contributed by atoms with E-state index in [1.54, 1.807) is 25.4 Å². The molecule has 0 saturated heterocycles. The van der Waals surface area contributed by atoms with Gasteiger partial charge in [0.15, 0.2) is 6.10 Å². The number of ether oxygens (including phenoxy) is 1. The van der Waals surface area contributed by atoms with Gasteiger partial charge in [0.1, 0.15) is 5.75 Å². The molecule has 3 rings (SSSR count). The van der Waals surface area contributed by atoms with Crippen LogP contribution in [0.15, 0.2) is 67.1 Å². The van der Waals surface area contributed by atoms with E-state index >= 15 is 0 Å². The predicted octanol–water partition coefficient (Wildman–Crippen LogP) is 2.79. The fourth-order valence-corrected chi connectivity index (χ4v) is 2.18. The molecule has 0 radical (unpaired) electrons. The Hall–Kier alpha value is -3.08. The van der Waals surface area contributed by atoms with E-state index in [1.807, 2.05) is 53.2 Å². The number of hydrogen-bond donors (Lipinski definition) is 1. The first kappa shape index (κ1) is 14.8. The molecule has 0 bridgehead atoms. The second kappa shape index (κ2) is 6.36. The number of carbonyl (C=O) groups excluding carboxylic acids is 1. The summed E-state index contributed by atoms with van der Waals surface area (Å²) in [7, 11) is 0. The predicted molar refractivity (Wildman–Crippen MR) is 88.3 cm³/mol. The Balaban J connectivity index is 1.78. The molecule has 3 aromatic rings. The van der Waals surface area contributed by atoms with Crippen molar-refractivity contribution in [2.24, 2.45) is 5.73 Å². The Bertz CT molecular complexity index is 795. The van der Waals surface area contributed by atoms with Crippen molar-refractivity contribution in [2.75, 3.05) is 0 Å². The Labute approximate surface area is 134 Å². The second-order valence-corrected chi connectivity index (χ2v) is 5.19. The van der Waals surface area contributed by atoms with Crippen LogP contribution in [0.5, 0.6) is 5.75 Å². The van der Waals surface area contributed by atoms with Gasteiger partial charge in [-0.3, -0.25) is 4.79 Å². The number of rotatable bonds is 5. The number of primary amides is 1. The highest BCUT2D eigenvalue weighted by Gasteiger charge is 2.10. The summed E-state index contributed by atoms with van der Waals surface area (Å²) in [5, 5.41) is 0. The summed E-state index contributed by atoms with van der Waals surface area (Å²) in [6.07, 6.45) is 3.08. The van der Waals surface area contributed by atoms with Gasteiger partial charge >= 0.3 is 0 Å². The number of amides is 1. The number of aromatic nitrogens is 2. The molecule has 1 heterocycles. The average molecular weight is 307 g/mol. The van der Waals surface area contributed by atoms with Crippen LogP contribution in [0.25, 0.3) is 16.9 Å². The smallest absolute Gasteiger partial charge is 0.258 e. The highest BCUT2D eigenvalue weighted by Crippen LogP contribution is 2.20. The van der Waals surface area contributed by atoms with Gasteiger partial charge in [0.2, 0.25) is 0 Å². The first-order valence-corrected chi connectivity index (χ1v) is 7.29. The molecule has 0 aliphatic heterocycles. The van der Waals surface area contributed by atoms with E-state index in [1.165, 1.54) is 0 Å². The Kier molecular flexibility index (Phi) is 4.10. The highest BCUT2D eigenvalue weighted by molar-refractivity contribution is 5.78. The van der Waals surface area contributed by atoms with Crippen LogP contribution in [0.4, 0.5) is 0 Å². The number of imidazole rings is 1. The van der Waals surface area contributed by atoms with Crippen molar-refractivity contribution < 1.29 is 9.53 Å². The van der Waals surface area contributed by atoms with Crippen LogP contribution in [0, 0.1) is 0 Å². The summed E-state index contributed by atoms with van der Waals surface area (Å²) < 4.78 is 7.38. The molecule has 5 nitrogen and oxygen atoms in total. The second-order valence-electron chi connectivity index (χ2n) is 5.19. The molecule has 1 aromatic heterocycles. The topological polar surface area (TPSA) is 70.1 Å². The van der Waals surface area contributed by atoms with Crippen LogP contribution in [0.2, 0.25) is 0 Å². The van der Waals surface area contributed by atoms with Gasteiger partial charge < -0.3 is 15.0 Å². The van der Waals surface area contributed by atoms with Gasteiger partial charge in [0.05, 0.1) is 12.0 Å². The summed E-state index contributed by atoms with van der Waals surface area (Å²) in [6.45, 7) is 1.62. The third-order valence-electron chi connectivity index (χ3n) is 3.50. The molecule has 2 N–H and O–H groups in total. The Morgan fingerprint density at radius 1 is 1.13 bits per heavy atom. The van der Waals surface area contributed by atoms with Gasteiger partial charge in [-0.15, -0.1) is 0 Å². The minimum Gasteiger partial charge on any atom is -0.481 e. The largest absolute Gasteiger partial charge is 0.481 e. The van der Waals surface area contributed by atoms with E-state index < -0.39 is 12.0 Å². The summed E-state index contributed by atoms with van der Waals surface area (Å²) in [6, 6.07) is 17.4. The first-order chi connectivity index (χ1) is 11.1. The summed E-state index contributed by atoms with van der Waals surface area (Å²) in [4.78, 5) is 15.4. The minimum atomic E-state index is -0.654. The van der Waals surface area contributed by atoms with Crippen molar-refractivity contribution in [3.05, 3.63) is 67.1 Å². The third kappa shape index (κ3) is 3.40. The summed E-state index contributed by atoms with van der Waals surface area (Å²) in [5.41, 5.74) is 8.12. The number of nitrogens with two attached hydrogens (primary N) is 1. The normalized spacial score (nSPS) is 11.9. The highest BCUT2D eigenvalue weighted by atomic mass is 16.5. The van der Waals surface area contributed by atoms with Crippen molar-refractivity contribution in [3.8, 4) is 22.7 Å². The minimum absolute atomic E-state index is 0.490. The van der Waals surface area contributed by atoms with Gasteiger partial charge in [0, 0.05) is 17.4 Å². The molecule has 1 atom stereocenters. The molecule has 0 saturated carbocycles. The molecular weight excluding hydrogens is 290 g/mol. The van der Waals surface area contributed by atoms with E-state index in [-0.39, 0.29) is 0 Å². The number of nitrogens with zero attached hydrogens (tertiary/aromatic N) is 2. The van der Waals surface area contributed by atoms with Gasteiger partial charge in [0.25, 0.3) is 5.91 Å². The SMILES string of the molecule is CC(Oc1ccc(-n2cnc(-c3ccccc3)c2)cc1)C(N)=O. The molecule has 2 aromatic carbocycles.